The van der Waals surface area contributed by atoms with Gasteiger partial charge in [0.15, 0.2) is 0 Å². The van der Waals surface area contributed by atoms with Crippen LogP contribution >= 0.6 is 0 Å². The van der Waals surface area contributed by atoms with Gasteiger partial charge in [-0.05, 0) is 56.8 Å². The number of ether oxygens (including phenoxy) is 2. The summed E-state index contributed by atoms with van der Waals surface area (Å²) in [6.45, 7) is 13.4. The molecule has 0 N–H and O–H groups in total. The Kier molecular flexibility index (Phi) is 5.89. The van der Waals surface area contributed by atoms with E-state index in [2.05, 4.69) is 27.0 Å². The molecule has 0 aliphatic heterocycles. The minimum atomic E-state index is -0.444. The van der Waals surface area contributed by atoms with E-state index < -0.39 is 5.97 Å². The van der Waals surface area contributed by atoms with Gasteiger partial charge < -0.3 is 9.47 Å². The number of hydrogen-bond donors (Lipinski definition) is 0. The normalized spacial score (nSPS) is 29.1. The average molecular weight is 334 g/mol. The molecule has 2 rings (SSSR count). The van der Waals surface area contributed by atoms with Gasteiger partial charge in [-0.15, -0.1) is 0 Å². The van der Waals surface area contributed by atoms with Crippen LogP contribution in [0.2, 0.25) is 0 Å². The van der Waals surface area contributed by atoms with Gasteiger partial charge in [-0.2, -0.15) is 0 Å². The van der Waals surface area contributed by atoms with Crippen molar-refractivity contribution in [3.05, 3.63) is 24.3 Å². The summed E-state index contributed by atoms with van der Waals surface area (Å²) >= 11 is 0. The zero-order valence-corrected chi connectivity index (χ0v) is 15.2. The molecule has 2 aliphatic rings. The number of esters is 2. The van der Waals surface area contributed by atoms with Crippen molar-refractivity contribution in [2.75, 3.05) is 6.61 Å². The largest absolute Gasteiger partial charge is 0.462 e. The first-order valence-electron chi connectivity index (χ1n) is 9.03. The number of rotatable bonds is 8. The van der Waals surface area contributed by atoms with E-state index in [1.165, 1.54) is 12.8 Å². The Morgan fingerprint density at radius 1 is 1.25 bits per heavy atom. The maximum Gasteiger partial charge on any atom is 0.334 e. The lowest BCUT2D eigenvalue weighted by molar-refractivity contribution is -0.169. The van der Waals surface area contributed by atoms with Crippen molar-refractivity contribution in [1.82, 2.24) is 0 Å². The van der Waals surface area contributed by atoms with Crippen LogP contribution in [0.5, 0.6) is 0 Å². The Bertz CT molecular complexity index is 536. The summed E-state index contributed by atoms with van der Waals surface area (Å²) in [7, 11) is 0. The van der Waals surface area contributed by atoms with E-state index in [0.29, 0.717) is 35.3 Å². The molecule has 2 bridgehead atoms. The second-order valence-corrected chi connectivity index (χ2v) is 7.50. The maximum atomic E-state index is 12.5. The van der Waals surface area contributed by atoms with Gasteiger partial charge in [0.05, 0.1) is 6.61 Å². The van der Waals surface area contributed by atoms with Crippen LogP contribution in [0.15, 0.2) is 24.3 Å². The lowest BCUT2D eigenvalue weighted by Gasteiger charge is -2.42. The fraction of sp³-hybridized carbons (Fsp3) is 0.700. The summed E-state index contributed by atoms with van der Waals surface area (Å²) < 4.78 is 11.1. The summed E-state index contributed by atoms with van der Waals surface area (Å²) in [5, 5.41) is 0. The second-order valence-electron chi connectivity index (χ2n) is 7.50. The Balaban J connectivity index is 1.92. The molecular weight excluding hydrogens is 304 g/mol. The van der Waals surface area contributed by atoms with Gasteiger partial charge in [0, 0.05) is 17.6 Å². The van der Waals surface area contributed by atoms with Crippen molar-refractivity contribution >= 4 is 11.9 Å². The van der Waals surface area contributed by atoms with Gasteiger partial charge in [0.25, 0.3) is 0 Å². The molecule has 0 heterocycles. The standard InChI is InChI=1S/C20H30O4/c1-6-15(5)20(12-16-7-8-17(20)11-16)24-19(22)14(4)9-10-23-18(21)13(2)3/h15-17H,2,4,6-12H2,1,3,5H3. The summed E-state index contributed by atoms with van der Waals surface area (Å²) in [6, 6.07) is 0. The Morgan fingerprint density at radius 2 is 1.96 bits per heavy atom. The second kappa shape index (κ2) is 7.54. The minimum absolute atomic E-state index is 0.127. The summed E-state index contributed by atoms with van der Waals surface area (Å²) in [4.78, 5) is 23.9. The molecule has 0 amide bonds. The van der Waals surface area contributed by atoms with Crippen molar-refractivity contribution in [1.29, 1.82) is 0 Å². The molecule has 134 valence electrons. The van der Waals surface area contributed by atoms with Crippen LogP contribution in [-0.2, 0) is 19.1 Å². The number of fused-ring (bicyclic) bond motifs is 2. The fourth-order valence-corrected chi connectivity index (χ4v) is 4.23. The van der Waals surface area contributed by atoms with Crippen molar-refractivity contribution < 1.29 is 19.1 Å². The SMILES string of the molecule is C=C(C)C(=O)OCCC(=C)C(=O)OC1(C(C)CC)CC2CCC1C2. The first kappa shape index (κ1) is 18.8. The first-order valence-corrected chi connectivity index (χ1v) is 9.03. The Hall–Kier alpha value is -1.58. The highest BCUT2D eigenvalue weighted by molar-refractivity contribution is 5.88. The molecule has 4 nitrogen and oxygen atoms in total. The number of carbonyl (C=O) groups excluding carboxylic acids is 2. The average Bonchev–Trinajstić information content (AvgIpc) is 3.14. The van der Waals surface area contributed by atoms with E-state index >= 15 is 0 Å². The van der Waals surface area contributed by atoms with Crippen molar-refractivity contribution in [3.63, 3.8) is 0 Å². The predicted molar refractivity (Wildman–Crippen MR) is 93.3 cm³/mol. The predicted octanol–water partition coefficient (Wildman–Crippen LogP) is 4.20. The maximum absolute atomic E-state index is 12.5. The van der Waals surface area contributed by atoms with Crippen LogP contribution in [0.1, 0.15) is 59.3 Å². The molecule has 0 saturated heterocycles. The molecule has 0 radical (unpaired) electrons. The molecule has 0 aromatic heterocycles. The highest BCUT2D eigenvalue weighted by atomic mass is 16.6. The smallest absolute Gasteiger partial charge is 0.334 e. The van der Waals surface area contributed by atoms with E-state index in [-0.39, 0.29) is 18.2 Å². The molecule has 2 saturated carbocycles. The van der Waals surface area contributed by atoms with Crippen LogP contribution in [0.25, 0.3) is 0 Å². The third kappa shape index (κ3) is 3.73. The molecular formula is C20H30O4. The van der Waals surface area contributed by atoms with E-state index in [1.807, 2.05) is 0 Å². The lowest BCUT2D eigenvalue weighted by Crippen LogP contribution is -2.46. The lowest BCUT2D eigenvalue weighted by atomic mass is 9.74. The zero-order valence-electron chi connectivity index (χ0n) is 15.2. The van der Waals surface area contributed by atoms with Gasteiger partial charge in [-0.25, -0.2) is 9.59 Å². The monoisotopic (exact) mass is 334 g/mol. The third-order valence-electron chi connectivity index (χ3n) is 5.84. The first-order chi connectivity index (χ1) is 11.3. The Morgan fingerprint density at radius 3 is 2.46 bits per heavy atom. The van der Waals surface area contributed by atoms with E-state index in [0.717, 1.165) is 19.3 Å². The van der Waals surface area contributed by atoms with E-state index in [9.17, 15) is 9.59 Å². The number of carbonyl (C=O) groups is 2. The summed E-state index contributed by atoms with van der Waals surface area (Å²) in [6.07, 6.45) is 5.88. The minimum Gasteiger partial charge on any atom is -0.462 e. The quantitative estimate of drug-likeness (QED) is 0.493. The topological polar surface area (TPSA) is 52.6 Å². The van der Waals surface area contributed by atoms with Gasteiger partial charge in [-0.1, -0.05) is 27.0 Å². The highest BCUT2D eigenvalue weighted by Gasteiger charge is 2.56. The van der Waals surface area contributed by atoms with Gasteiger partial charge in [-0.3, -0.25) is 0 Å². The molecule has 4 heteroatoms. The van der Waals surface area contributed by atoms with Crippen LogP contribution in [0.4, 0.5) is 0 Å². The molecule has 2 fully saturated rings. The third-order valence-corrected chi connectivity index (χ3v) is 5.84. The number of hydrogen-bond acceptors (Lipinski definition) is 4. The molecule has 24 heavy (non-hydrogen) atoms. The van der Waals surface area contributed by atoms with Crippen molar-refractivity contribution in [2.24, 2.45) is 17.8 Å². The van der Waals surface area contributed by atoms with Crippen molar-refractivity contribution in [3.8, 4) is 0 Å². The zero-order chi connectivity index (χ0) is 17.9. The van der Waals surface area contributed by atoms with E-state index in [4.69, 9.17) is 9.47 Å². The van der Waals surface area contributed by atoms with Crippen molar-refractivity contribution in [2.45, 2.75) is 64.9 Å². The fourth-order valence-electron chi connectivity index (χ4n) is 4.23. The van der Waals surface area contributed by atoms with Crippen LogP contribution in [-0.4, -0.2) is 24.1 Å². The molecule has 4 unspecified atom stereocenters. The van der Waals surface area contributed by atoms with Gasteiger partial charge in [0.1, 0.15) is 5.60 Å². The molecule has 0 spiro atoms. The van der Waals surface area contributed by atoms with Crippen LogP contribution < -0.4 is 0 Å². The van der Waals surface area contributed by atoms with Gasteiger partial charge >= 0.3 is 11.9 Å². The summed E-state index contributed by atoms with van der Waals surface area (Å²) in [5.41, 5.74) is 0.391. The van der Waals surface area contributed by atoms with Gasteiger partial charge in [0.2, 0.25) is 0 Å². The van der Waals surface area contributed by atoms with Crippen LogP contribution in [0.3, 0.4) is 0 Å². The molecule has 0 aromatic rings. The molecule has 4 atom stereocenters. The summed E-state index contributed by atoms with van der Waals surface area (Å²) in [5.74, 6) is 0.748. The highest BCUT2D eigenvalue weighted by Crippen LogP contribution is 2.56. The molecule has 0 aromatic carbocycles. The Labute approximate surface area is 145 Å². The van der Waals surface area contributed by atoms with Crippen LogP contribution in [0, 0.1) is 17.8 Å². The molecule has 2 aliphatic carbocycles. The van der Waals surface area contributed by atoms with E-state index in [1.54, 1.807) is 6.92 Å².